The third-order valence-electron chi connectivity index (χ3n) is 4.99. The molecule has 1 amide bonds. The Bertz CT molecular complexity index is 1140. The molecular weight excluding hydrogens is 364 g/mol. The lowest BCUT2D eigenvalue weighted by molar-refractivity contribution is 0.0790. The van der Waals surface area contributed by atoms with Gasteiger partial charge >= 0.3 is 0 Å². The van der Waals surface area contributed by atoms with Crippen molar-refractivity contribution < 1.29 is 4.79 Å². The van der Waals surface area contributed by atoms with Gasteiger partial charge in [0.05, 0.1) is 23.6 Å². The molecule has 148 valence electrons. The van der Waals surface area contributed by atoms with Crippen LogP contribution in [0.1, 0.15) is 35.8 Å². The van der Waals surface area contributed by atoms with Crippen LogP contribution in [0.15, 0.2) is 55.1 Å². The van der Waals surface area contributed by atoms with Crippen LogP contribution >= 0.6 is 0 Å². The Morgan fingerprint density at radius 2 is 1.93 bits per heavy atom. The topological polar surface area (TPSA) is 68.3 Å². The van der Waals surface area contributed by atoms with E-state index >= 15 is 0 Å². The van der Waals surface area contributed by atoms with E-state index in [0.717, 1.165) is 24.2 Å². The maximum Gasteiger partial charge on any atom is 0.274 e. The minimum atomic E-state index is -0.100. The summed E-state index contributed by atoms with van der Waals surface area (Å²) in [4.78, 5) is 23.7. The van der Waals surface area contributed by atoms with Crippen molar-refractivity contribution in [2.75, 3.05) is 13.6 Å². The molecule has 3 heterocycles. The number of hydrogen-bond donors (Lipinski definition) is 0. The smallest absolute Gasteiger partial charge is 0.274 e. The minimum absolute atomic E-state index is 0.100. The Balaban J connectivity index is 1.82. The summed E-state index contributed by atoms with van der Waals surface area (Å²) in [6.07, 6.45) is 8.94. The summed E-state index contributed by atoms with van der Waals surface area (Å²) >= 11 is 0. The lowest BCUT2D eigenvalue weighted by atomic mass is 10.2. The number of benzene rings is 1. The summed E-state index contributed by atoms with van der Waals surface area (Å²) in [5.74, 6) is 0.560. The second-order valence-corrected chi connectivity index (χ2v) is 7.16. The largest absolute Gasteiger partial charge is 0.340 e. The Kier molecular flexibility index (Phi) is 5.12. The first-order valence-electron chi connectivity index (χ1n) is 9.79. The van der Waals surface area contributed by atoms with E-state index in [1.54, 1.807) is 23.5 Å². The molecule has 0 fully saturated rings. The number of nitrogens with zero attached hydrogens (tertiary/aromatic N) is 6. The molecular formula is C22H24N6O. The van der Waals surface area contributed by atoms with Gasteiger partial charge in [-0.1, -0.05) is 31.0 Å². The zero-order valence-electron chi connectivity index (χ0n) is 16.9. The van der Waals surface area contributed by atoms with E-state index in [-0.39, 0.29) is 5.91 Å². The molecule has 7 heteroatoms. The quantitative estimate of drug-likeness (QED) is 0.504. The second kappa shape index (κ2) is 7.87. The fourth-order valence-electron chi connectivity index (χ4n) is 3.32. The molecule has 0 spiro atoms. The van der Waals surface area contributed by atoms with Crippen LogP contribution in [-0.4, -0.2) is 48.5 Å². The number of hydrogen-bond acceptors (Lipinski definition) is 4. The van der Waals surface area contributed by atoms with E-state index in [2.05, 4.69) is 23.9 Å². The Labute approximate surface area is 169 Å². The van der Waals surface area contributed by atoms with Gasteiger partial charge in [-0.2, -0.15) is 5.10 Å². The number of rotatable bonds is 6. The number of amides is 1. The predicted molar refractivity (Wildman–Crippen MR) is 112 cm³/mol. The van der Waals surface area contributed by atoms with Gasteiger partial charge < -0.3 is 4.90 Å². The molecule has 0 aliphatic carbocycles. The van der Waals surface area contributed by atoms with Crippen molar-refractivity contribution in [3.63, 3.8) is 0 Å². The van der Waals surface area contributed by atoms with Crippen LogP contribution in [0.4, 0.5) is 0 Å². The highest BCUT2D eigenvalue weighted by atomic mass is 16.2. The van der Waals surface area contributed by atoms with Crippen LogP contribution in [0.5, 0.6) is 0 Å². The molecule has 0 bridgehead atoms. The Morgan fingerprint density at radius 3 is 2.69 bits per heavy atom. The molecule has 4 aromatic rings. The van der Waals surface area contributed by atoms with Crippen molar-refractivity contribution in [2.45, 2.75) is 26.7 Å². The normalized spacial score (nSPS) is 11.1. The molecule has 0 radical (unpaired) electrons. The van der Waals surface area contributed by atoms with Gasteiger partial charge in [-0.05, 0) is 31.5 Å². The number of aromatic nitrogens is 5. The van der Waals surface area contributed by atoms with Crippen molar-refractivity contribution in [2.24, 2.45) is 0 Å². The first kappa shape index (κ1) is 18.9. The number of unbranched alkanes of at least 4 members (excludes halogenated alkanes) is 1. The lowest BCUT2D eigenvalue weighted by Crippen LogP contribution is -2.28. The Morgan fingerprint density at radius 1 is 1.14 bits per heavy atom. The van der Waals surface area contributed by atoms with Crippen molar-refractivity contribution >= 4 is 11.4 Å². The third kappa shape index (κ3) is 3.51. The Hall–Kier alpha value is -3.48. The van der Waals surface area contributed by atoms with Crippen molar-refractivity contribution in [3.05, 3.63) is 66.4 Å². The van der Waals surface area contributed by atoms with Crippen molar-refractivity contribution in [3.8, 4) is 17.2 Å². The highest BCUT2D eigenvalue weighted by molar-refractivity contribution is 5.99. The highest BCUT2D eigenvalue weighted by Crippen LogP contribution is 2.25. The highest BCUT2D eigenvalue weighted by Gasteiger charge is 2.23. The van der Waals surface area contributed by atoms with E-state index in [1.807, 2.05) is 52.7 Å². The SMILES string of the molecule is CCCCN(C)C(=O)c1nc(-c2ccnn2-c2ccc(C)cc2)n2ccncc12. The molecule has 0 aliphatic heterocycles. The summed E-state index contributed by atoms with van der Waals surface area (Å²) in [5, 5.41) is 4.48. The van der Waals surface area contributed by atoms with Gasteiger partial charge in [0, 0.05) is 26.0 Å². The fourth-order valence-corrected chi connectivity index (χ4v) is 3.32. The number of aryl methyl sites for hydroxylation is 1. The zero-order chi connectivity index (χ0) is 20.4. The number of fused-ring (bicyclic) bond motifs is 1. The van der Waals surface area contributed by atoms with E-state index in [0.29, 0.717) is 23.6 Å². The van der Waals surface area contributed by atoms with Gasteiger partial charge in [0.1, 0.15) is 5.69 Å². The van der Waals surface area contributed by atoms with Crippen LogP contribution < -0.4 is 0 Å². The van der Waals surface area contributed by atoms with Crippen molar-refractivity contribution in [1.29, 1.82) is 0 Å². The minimum Gasteiger partial charge on any atom is -0.340 e. The number of carbonyl (C=O) groups is 1. The molecule has 7 nitrogen and oxygen atoms in total. The molecule has 29 heavy (non-hydrogen) atoms. The lowest BCUT2D eigenvalue weighted by Gasteiger charge is -2.15. The molecule has 4 rings (SSSR count). The van der Waals surface area contributed by atoms with Gasteiger partial charge in [0.2, 0.25) is 0 Å². The molecule has 0 saturated heterocycles. The van der Waals surface area contributed by atoms with Crippen LogP contribution in [0.3, 0.4) is 0 Å². The monoisotopic (exact) mass is 388 g/mol. The zero-order valence-corrected chi connectivity index (χ0v) is 16.9. The summed E-state index contributed by atoms with van der Waals surface area (Å²) in [6.45, 7) is 4.86. The molecule has 0 saturated carbocycles. The molecule has 0 aliphatic rings. The summed E-state index contributed by atoms with van der Waals surface area (Å²) in [7, 11) is 1.82. The molecule has 1 aromatic carbocycles. The first-order chi connectivity index (χ1) is 14.1. The molecule has 0 N–H and O–H groups in total. The number of carbonyl (C=O) groups excluding carboxylic acids is 1. The van der Waals surface area contributed by atoms with Crippen LogP contribution in [-0.2, 0) is 0 Å². The van der Waals surface area contributed by atoms with Crippen LogP contribution in [0.25, 0.3) is 22.7 Å². The van der Waals surface area contributed by atoms with E-state index in [9.17, 15) is 4.79 Å². The standard InChI is InChI=1S/C22H24N6O/c1-4-5-13-26(3)22(29)20-19-15-23-12-14-27(19)21(25-20)18-10-11-24-28(18)17-8-6-16(2)7-9-17/h6-12,14-15H,4-5,13H2,1-3H3. The second-order valence-electron chi connectivity index (χ2n) is 7.16. The van der Waals surface area contributed by atoms with E-state index in [4.69, 9.17) is 4.98 Å². The summed E-state index contributed by atoms with van der Waals surface area (Å²) < 4.78 is 3.74. The van der Waals surface area contributed by atoms with E-state index in [1.165, 1.54) is 5.56 Å². The number of imidazole rings is 1. The maximum absolute atomic E-state index is 13.0. The average molecular weight is 388 g/mol. The molecule has 0 unspecified atom stereocenters. The van der Waals surface area contributed by atoms with Crippen molar-refractivity contribution in [1.82, 2.24) is 29.0 Å². The summed E-state index contributed by atoms with van der Waals surface area (Å²) in [6, 6.07) is 10.0. The first-order valence-corrected chi connectivity index (χ1v) is 9.79. The average Bonchev–Trinajstić information content (AvgIpc) is 3.36. The summed E-state index contributed by atoms with van der Waals surface area (Å²) in [5.41, 5.74) is 4.03. The van der Waals surface area contributed by atoms with Crippen LogP contribution in [0.2, 0.25) is 0 Å². The molecule has 0 atom stereocenters. The van der Waals surface area contributed by atoms with E-state index < -0.39 is 0 Å². The van der Waals surface area contributed by atoms with Gasteiger partial charge in [0.25, 0.3) is 5.91 Å². The van der Waals surface area contributed by atoms with Gasteiger partial charge in [-0.25, -0.2) is 9.67 Å². The fraction of sp³-hybridized carbons (Fsp3) is 0.273. The van der Waals surface area contributed by atoms with Gasteiger partial charge in [-0.15, -0.1) is 0 Å². The predicted octanol–water partition coefficient (Wildman–Crippen LogP) is 3.76. The maximum atomic E-state index is 13.0. The van der Waals surface area contributed by atoms with Gasteiger partial charge in [-0.3, -0.25) is 14.2 Å². The van der Waals surface area contributed by atoms with Gasteiger partial charge in [0.15, 0.2) is 11.5 Å². The third-order valence-corrected chi connectivity index (χ3v) is 4.99. The molecule has 3 aromatic heterocycles. The van der Waals surface area contributed by atoms with Crippen LogP contribution in [0, 0.1) is 6.92 Å².